The van der Waals surface area contributed by atoms with Crippen molar-refractivity contribution in [3.8, 4) is 0 Å². The summed E-state index contributed by atoms with van der Waals surface area (Å²) in [5.74, 6) is 0.329. The van der Waals surface area contributed by atoms with E-state index in [1.807, 2.05) is 24.3 Å². The molecule has 2 aliphatic rings. The summed E-state index contributed by atoms with van der Waals surface area (Å²) in [6, 6.07) is 8.22. The summed E-state index contributed by atoms with van der Waals surface area (Å²) >= 11 is 5.93. The maximum absolute atomic E-state index is 12.0. The van der Waals surface area contributed by atoms with E-state index in [1.165, 1.54) is 11.1 Å². The number of benzene rings is 1. The van der Waals surface area contributed by atoms with Crippen molar-refractivity contribution in [2.45, 2.75) is 31.3 Å². The van der Waals surface area contributed by atoms with Crippen LogP contribution in [0.4, 0.5) is 0 Å². The predicted molar refractivity (Wildman–Crippen MR) is 76.2 cm³/mol. The molecule has 2 atom stereocenters. The topological polar surface area (TPSA) is 20.3 Å². The zero-order chi connectivity index (χ0) is 13.4. The van der Waals surface area contributed by atoms with Crippen LogP contribution in [-0.2, 0) is 4.79 Å². The van der Waals surface area contributed by atoms with E-state index in [9.17, 15) is 4.79 Å². The largest absolute Gasteiger partial charge is 0.300 e. The molecule has 2 heterocycles. The van der Waals surface area contributed by atoms with Crippen LogP contribution in [0.1, 0.15) is 30.9 Å². The van der Waals surface area contributed by atoms with E-state index in [0.29, 0.717) is 18.6 Å². The number of nitrogens with zero attached hydrogens (tertiary/aromatic N) is 1. The van der Waals surface area contributed by atoms with Crippen molar-refractivity contribution in [1.29, 1.82) is 0 Å². The molecule has 1 aromatic rings. The summed E-state index contributed by atoms with van der Waals surface area (Å²) < 4.78 is 0. The number of carbonyl (C=O) groups is 1. The van der Waals surface area contributed by atoms with Gasteiger partial charge in [0.05, 0.1) is 0 Å². The van der Waals surface area contributed by atoms with Crippen LogP contribution in [0.5, 0.6) is 0 Å². The Bertz CT molecular complexity index is 557. The Morgan fingerprint density at radius 3 is 2.58 bits per heavy atom. The number of hydrogen-bond acceptors (Lipinski definition) is 2. The van der Waals surface area contributed by atoms with E-state index in [0.717, 1.165) is 18.0 Å². The van der Waals surface area contributed by atoms with Gasteiger partial charge in [0.25, 0.3) is 0 Å². The van der Waals surface area contributed by atoms with Gasteiger partial charge in [0.2, 0.25) is 0 Å². The van der Waals surface area contributed by atoms with Crippen LogP contribution < -0.4 is 0 Å². The number of rotatable bonds is 1. The van der Waals surface area contributed by atoms with E-state index in [2.05, 4.69) is 17.2 Å². The van der Waals surface area contributed by atoms with Crippen molar-refractivity contribution in [2.75, 3.05) is 6.54 Å². The molecule has 2 fully saturated rings. The Balaban J connectivity index is 1.94. The average Bonchev–Trinajstić information content (AvgIpc) is 2.81. The van der Waals surface area contributed by atoms with Crippen LogP contribution in [0.15, 0.2) is 42.1 Å². The molecule has 19 heavy (non-hydrogen) atoms. The highest BCUT2D eigenvalue weighted by atomic mass is 35.5. The standard InChI is InChI=1S/C16H16ClNO/c1-2-11-7-8-18-15(11)9-14(19)10-16(18)12-3-5-13(17)6-4-12/h3-6,15-16H,1,7-10H2/t15-,16-/m0/s1. The summed E-state index contributed by atoms with van der Waals surface area (Å²) in [5.41, 5.74) is 5.38. The van der Waals surface area contributed by atoms with Crippen molar-refractivity contribution in [1.82, 2.24) is 4.90 Å². The molecule has 0 unspecified atom stereocenters. The van der Waals surface area contributed by atoms with Crippen molar-refractivity contribution in [2.24, 2.45) is 0 Å². The third-order valence-electron chi connectivity index (χ3n) is 4.17. The first-order valence-electron chi connectivity index (χ1n) is 6.61. The second kappa shape index (κ2) is 4.97. The minimum atomic E-state index is 0.175. The van der Waals surface area contributed by atoms with Gasteiger partial charge in [0.15, 0.2) is 0 Å². The van der Waals surface area contributed by atoms with Gasteiger partial charge in [0, 0.05) is 36.5 Å². The second-order valence-electron chi connectivity index (χ2n) is 5.22. The fraction of sp³-hybridized carbons (Fsp3) is 0.375. The molecule has 98 valence electrons. The zero-order valence-corrected chi connectivity index (χ0v) is 11.5. The Morgan fingerprint density at radius 1 is 1.21 bits per heavy atom. The SMILES string of the molecule is C=C=C1CCN2[C@H]1CC(=O)C[C@H]2c1ccc(Cl)cc1. The van der Waals surface area contributed by atoms with E-state index in [-0.39, 0.29) is 12.1 Å². The van der Waals surface area contributed by atoms with E-state index in [4.69, 9.17) is 11.6 Å². The molecule has 2 saturated heterocycles. The number of ketones is 1. The van der Waals surface area contributed by atoms with Gasteiger partial charge in [-0.15, -0.1) is 5.73 Å². The lowest BCUT2D eigenvalue weighted by Gasteiger charge is -2.37. The highest BCUT2D eigenvalue weighted by Gasteiger charge is 2.40. The molecule has 2 nitrogen and oxygen atoms in total. The maximum Gasteiger partial charge on any atom is 0.136 e. The Morgan fingerprint density at radius 2 is 1.89 bits per heavy atom. The number of Topliss-reactive ketones (excluding diaryl/α,β-unsaturated/α-hetero) is 1. The van der Waals surface area contributed by atoms with Crippen LogP contribution in [-0.4, -0.2) is 23.3 Å². The first kappa shape index (κ1) is 12.7. The summed E-state index contributed by atoms with van der Waals surface area (Å²) in [6.07, 6.45) is 2.19. The van der Waals surface area contributed by atoms with E-state index < -0.39 is 0 Å². The van der Waals surface area contributed by atoms with Crippen molar-refractivity contribution in [3.63, 3.8) is 0 Å². The van der Waals surface area contributed by atoms with Gasteiger partial charge in [-0.05, 0) is 29.7 Å². The number of carbonyl (C=O) groups excluding carboxylic acids is 1. The van der Waals surface area contributed by atoms with Crippen LogP contribution in [0.2, 0.25) is 5.02 Å². The molecule has 2 aliphatic heterocycles. The van der Waals surface area contributed by atoms with Gasteiger partial charge < -0.3 is 0 Å². The van der Waals surface area contributed by atoms with Gasteiger partial charge in [-0.3, -0.25) is 9.69 Å². The number of piperidine rings is 1. The maximum atomic E-state index is 12.0. The first-order valence-corrected chi connectivity index (χ1v) is 6.98. The Labute approximate surface area is 118 Å². The van der Waals surface area contributed by atoms with Gasteiger partial charge >= 0.3 is 0 Å². The van der Waals surface area contributed by atoms with Crippen molar-refractivity contribution in [3.05, 3.63) is 52.7 Å². The molecular weight excluding hydrogens is 258 g/mol. The van der Waals surface area contributed by atoms with Gasteiger partial charge in [0.1, 0.15) is 5.78 Å². The highest BCUT2D eigenvalue weighted by molar-refractivity contribution is 6.30. The smallest absolute Gasteiger partial charge is 0.136 e. The molecule has 1 aromatic carbocycles. The third kappa shape index (κ3) is 2.28. The lowest BCUT2D eigenvalue weighted by molar-refractivity contribution is -0.124. The van der Waals surface area contributed by atoms with Crippen LogP contribution in [0.3, 0.4) is 0 Å². The Kier molecular flexibility index (Phi) is 3.32. The van der Waals surface area contributed by atoms with Crippen molar-refractivity contribution >= 4 is 17.4 Å². The molecule has 0 bridgehead atoms. The van der Waals surface area contributed by atoms with E-state index >= 15 is 0 Å². The fourth-order valence-corrected chi connectivity index (χ4v) is 3.34. The molecule has 0 saturated carbocycles. The lowest BCUT2D eigenvalue weighted by atomic mass is 9.89. The molecule has 0 N–H and O–H groups in total. The minimum absolute atomic E-state index is 0.175. The molecule has 0 amide bonds. The molecule has 3 rings (SSSR count). The zero-order valence-electron chi connectivity index (χ0n) is 10.7. The second-order valence-corrected chi connectivity index (χ2v) is 5.66. The molecule has 0 radical (unpaired) electrons. The normalized spacial score (nSPS) is 27.2. The molecule has 0 spiro atoms. The van der Waals surface area contributed by atoms with Crippen LogP contribution >= 0.6 is 11.6 Å². The quantitative estimate of drug-likeness (QED) is 0.730. The molecule has 3 heteroatoms. The summed E-state index contributed by atoms with van der Waals surface area (Å²) in [4.78, 5) is 14.4. The highest BCUT2D eigenvalue weighted by Crippen LogP contribution is 2.40. The number of fused-ring (bicyclic) bond motifs is 1. The third-order valence-corrected chi connectivity index (χ3v) is 4.42. The number of hydrogen-bond donors (Lipinski definition) is 0. The fourth-order valence-electron chi connectivity index (χ4n) is 3.22. The molecule has 0 aliphatic carbocycles. The monoisotopic (exact) mass is 273 g/mol. The van der Waals surface area contributed by atoms with Crippen molar-refractivity contribution < 1.29 is 4.79 Å². The summed E-state index contributed by atoms with van der Waals surface area (Å²) in [6.45, 7) is 4.74. The summed E-state index contributed by atoms with van der Waals surface area (Å²) in [5, 5.41) is 0.732. The molecular formula is C16H16ClNO. The van der Waals surface area contributed by atoms with Gasteiger partial charge in [-0.25, -0.2) is 0 Å². The lowest BCUT2D eigenvalue weighted by Crippen LogP contribution is -2.41. The Hall–Kier alpha value is -1.34. The predicted octanol–water partition coefficient (Wildman–Crippen LogP) is 3.53. The average molecular weight is 274 g/mol. The minimum Gasteiger partial charge on any atom is -0.300 e. The van der Waals surface area contributed by atoms with E-state index in [1.54, 1.807) is 0 Å². The summed E-state index contributed by atoms with van der Waals surface area (Å²) in [7, 11) is 0. The molecule has 0 aromatic heterocycles. The van der Waals surface area contributed by atoms with Gasteiger partial charge in [-0.1, -0.05) is 30.3 Å². The van der Waals surface area contributed by atoms with Crippen LogP contribution in [0, 0.1) is 0 Å². The number of halogens is 1. The van der Waals surface area contributed by atoms with Gasteiger partial charge in [-0.2, -0.15) is 0 Å². The van der Waals surface area contributed by atoms with Crippen LogP contribution in [0.25, 0.3) is 0 Å². The first-order chi connectivity index (χ1) is 9.19.